The second-order valence-corrected chi connectivity index (χ2v) is 6.76. The number of nitrogens with zero attached hydrogens (tertiary/aromatic N) is 3. The molecule has 2 heterocycles. The molecule has 0 atom stereocenters. The van der Waals surface area contributed by atoms with E-state index in [1.165, 1.54) is 0 Å². The Morgan fingerprint density at radius 1 is 1.27 bits per heavy atom. The number of aromatic amines is 1. The number of aromatic hydroxyl groups is 1. The first kappa shape index (κ1) is 18.9. The van der Waals surface area contributed by atoms with Gasteiger partial charge in [0.05, 0.1) is 38.3 Å². The predicted molar refractivity (Wildman–Crippen MR) is 109 cm³/mol. The zero-order valence-electron chi connectivity index (χ0n) is 14.7. The Morgan fingerprint density at radius 3 is 2.77 bits per heavy atom. The van der Waals surface area contributed by atoms with Crippen molar-refractivity contribution in [1.82, 2.24) is 14.5 Å². The second kappa shape index (κ2) is 8.65. The van der Waals surface area contributed by atoms with E-state index in [-0.39, 0.29) is 5.88 Å². The molecule has 0 spiro atoms. The molecule has 0 aliphatic carbocycles. The van der Waals surface area contributed by atoms with Crippen molar-refractivity contribution < 1.29 is 14.6 Å². The number of imidazole rings is 1. The highest BCUT2D eigenvalue weighted by molar-refractivity contribution is 14.1. The first-order valence-corrected chi connectivity index (χ1v) is 9.28. The molecule has 2 aromatic heterocycles. The summed E-state index contributed by atoms with van der Waals surface area (Å²) in [6.45, 7) is 1.97. The van der Waals surface area contributed by atoms with Gasteiger partial charge in [0.2, 0.25) is 5.88 Å². The minimum atomic E-state index is 0.0765. The summed E-state index contributed by atoms with van der Waals surface area (Å²) in [6.07, 6.45) is 1.60. The van der Waals surface area contributed by atoms with Crippen LogP contribution in [0.1, 0.15) is 11.4 Å². The summed E-state index contributed by atoms with van der Waals surface area (Å²) >= 11 is 2.30. The van der Waals surface area contributed by atoms with Gasteiger partial charge in [0.1, 0.15) is 5.71 Å². The molecule has 3 aromatic rings. The summed E-state index contributed by atoms with van der Waals surface area (Å²) in [4.78, 5) is 12.5. The molecule has 0 aliphatic rings. The van der Waals surface area contributed by atoms with E-state index in [0.29, 0.717) is 37.7 Å². The number of nitrogens with one attached hydrogen (secondary N) is 1. The van der Waals surface area contributed by atoms with E-state index in [2.05, 4.69) is 43.6 Å². The van der Waals surface area contributed by atoms with Crippen LogP contribution in [0.2, 0.25) is 0 Å². The Labute approximate surface area is 165 Å². The molecule has 0 saturated carbocycles. The van der Waals surface area contributed by atoms with E-state index in [9.17, 15) is 5.11 Å². The smallest absolute Gasteiger partial charge is 0.221 e. The average molecular weight is 468 g/mol. The number of halogens is 1. The number of fused-ring (bicyclic) bond motifs is 1. The van der Waals surface area contributed by atoms with Crippen LogP contribution in [0, 0.1) is 3.57 Å². The van der Waals surface area contributed by atoms with Crippen LogP contribution in [-0.2, 0) is 16.0 Å². The standard InChI is InChI=1S/C18H21IN4O3/c1-25-9-7-20-16(17-18(24)23(11-21-17)8-10-26-2)15-14(19)12-5-3-4-6-13(12)22-15/h3-6,11,22,24H,7-10H2,1-2H3. The molecule has 2 N–H and O–H groups in total. The average Bonchev–Trinajstić information content (AvgIpc) is 3.18. The van der Waals surface area contributed by atoms with Crippen LogP contribution in [0.25, 0.3) is 10.9 Å². The van der Waals surface area contributed by atoms with Crippen molar-refractivity contribution in [3.05, 3.63) is 45.6 Å². The maximum Gasteiger partial charge on any atom is 0.221 e. The molecular weight excluding hydrogens is 447 g/mol. The minimum Gasteiger partial charge on any atom is -0.493 e. The Bertz CT molecular complexity index is 916. The third-order valence-electron chi connectivity index (χ3n) is 4.02. The van der Waals surface area contributed by atoms with Gasteiger partial charge in [0, 0.05) is 28.7 Å². The first-order chi connectivity index (χ1) is 12.7. The van der Waals surface area contributed by atoms with Gasteiger partial charge in [-0.05, 0) is 28.7 Å². The van der Waals surface area contributed by atoms with Gasteiger partial charge in [0.15, 0.2) is 5.69 Å². The van der Waals surface area contributed by atoms with E-state index in [0.717, 1.165) is 20.2 Å². The molecule has 0 amide bonds. The fourth-order valence-electron chi connectivity index (χ4n) is 2.69. The second-order valence-electron chi connectivity index (χ2n) is 5.69. The lowest BCUT2D eigenvalue weighted by Gasteiger charge is -2.06. The molecule has 0 saturated heterocycles. The van der Waals surface area contributed by atoms with Crippen LogP contribution < -0.4 is 0 Å². The monoisotopic (exact) mass is 468 g/mol. The molecule has 138 valence electrons. The lowest BCUT2D eigenvalue weighted by atomic mass is 10.2. The number of rotatable bonds is 8. The number of aliphatic imine (C=N–C) groups is 1. The first-order valence-electron chi connectivity index (χ1n) is 8.20. The number of hydrogen-bond donors (Lipinski definition) is 2. The number of benzene rings is 1. The molecule has 0 fully saturated rings. The van der Waals surface area contributed by atoms with Crippen LogP contribution in [0.4, 0.5) is 0 Å². The van der Waals surface area contributed by atoms with Crippen molar-refractivity contribution in [3.8, 4) is 5.88 Å². The number of aromatic nitrogens is 3. The fourth-order valence-corrected chi connectivity index (χ4v) is 3.55. The molecule has 8 heteroatoms. The number of methoxy groups -OCH3 is 2. The van der Waals surface area contributed by atoms with Crippen molar-refractivity contribution in [2.45, 2.75) is 6.54 Å². The highest BCUT2D eigenvalue weighted by Gasteiger charge is 2.22. The largest absolute Gasteiger partial charge is 0.493 e. The topological polar surface area (TPSA) is 84.7 Å². The van der Waals surface area contributed by atoms with Crippen LogP contribution in [0.3, 0.4) is 0 Å². The summed E-state index contributed by atoms with van der Waals surface area (Å²) in [5, 5.41) is 11.7. The highest BCUT2D eigenvalue weighted by atomic mass is 127. The van der Waals surface area contributed by atoms with Crippen LogP contribution in [0.15, 0.2) is 35.6 Å². The Balaban J connectivity index is 2.07. The zero-order chi connectivity index (χ0) is 18.5. The lowest BCUT2D eigenvalue weighted by molar-refractivity contribution is 0.184. The third-order valence-corrected chi connectivity index (χ3v) is 5.14. The van der Waals surface area contributed by atoms with Gasteiger partial charge < -0.3 is 19.6 Å². The molecule has 1 aromatic carbocycles. The fraction of sp³-hybridized carbons (Fsp3) is 0.333. The molecular formula is C18H21IN4O3. The van der Waals surface area contributed by atoms with Crippen LogP contribution in [-0.4, -0.2) is 59.3 Å². The van der Waals surface area contributed by atoms with E-state index in [4.69, 9.17) is 9.47 Å². The summed E-state index contributed by atoms with van der Waals surface area (Å²) < 4.78 is 12.9. The maximum atomic E-state index is 10.6. The summed E-state index contributed by atoms with van der Waals surface area (Å²) in [7, 11) is 3.26. The van der Waals surface area contributed by atoms with Crippen molar-refractivity contribution in [2.75, 3.05) is 34.0 Å². The Hall–Kier alpha value is -1.91. The summed E-state index contributed by atoms with van der Waals surface area (Å²) in [5.74, 6) is 0.0765. The Morgan fingerprint density at radius 2 is 2.04 bits per heavy atom. The molecule has 0 aliphatic heterocycles. The van der Waals surface area contributed by atoms with Gasteiger partial charge in [-0.2, -0.15) is 0 Å². The van der Waals surface area contributed by atoms with Gasteiger partial charge in [-0.1, -0.05) is 18.2 Å². The molecule has 3 rings (SSSR count). The molecule has 26 heavy (non-hydrogen) atoms. The predicted octanol–water partition coefficient (Wildman–Crippen LogP) is 2.80. The van der Waals surface area contributed by atoms with Gasteiger partial charge in [-0.15, -0.1) is 0 Å². The van der Waals surface area contributed by atoms with Gasteiger partial charge in [-0.3, -0.25) is 9.56 Å². The quantitative estimate of drug-likeness (QED) is 0.303. The van der Waals surface area contributed by atoms with Gasteiger partial charge >= 0.3 is 0 Å². The molecule has 0 radical (unpaired) electrons. The van der Waals surface area contributed by atoms with Gasteiger partial charge in [-0.25, -0.2) is 4.98 Å². The van der Waals surface area contributed by atoms with Crippen molar-refractivity contribution in [2.24, 2.45) is 4.99 Å². The van der Waals surface area contributed by atoms with E-state index in [1.807, 2.05) is 18.2 Å². The normalized spacial score (nSPS) is 12.2. The number of para-hydroxylation sites is 1. The van der Waals surface area contributed by atoms with E-state index in [1.54, 1.807) is 25.1 Å². The zero-order valence-corrected chi connectivity index (χ0v) is 16.9. The van der Waals surface area contributed by atoms with Crippen molar-refractivity contribution >= 4 is 39.2 Å². The van der Waals surface area contributed by atoms with Crippen molar-refractivity contribution in [3.63, 3.8) is 0 Å². The van der Waals surface area contributed by atoms with Gasteiger partial charge in [0.25, 0.3) is 0 Å². The van der Waals surface area contributed by atoms with E-state index >= 15 is 0 Å². The molecule has 7 nitrogen and oxygen atoms in total. The summed E-state index contributed by atoms with van der Waals surface area (Å²) in [6, 6.07) is 8.06. The van der Waals surface area contributed by atoms with E-state index < -0.39 is 0 Å². The summed E-state index contributed by atoms with van der Waals surface area (Å²) in [5.41, 5.74) is 2.93. The lowest BCUT2D eigenvalue weighted by Crippen LogP contribution is -2.10. The minimum absolute atomic E-state index is 0.0765. The van der Waals surface area contributed by atoms with Crippen LogP contribution >= 0.6 is 22.6 Å². The SMILES string of the molecule is COCCN=C(c1ncn(CCOC)c1O)c1[nH]c2ccccc2c1I. The Kier molecular flexibility index (Phi) is 6.28. The molecule has 0 unspecified atom stereocenters. The molecule has 0 bridgehead atoms. The highest BCUT2D eigenvalue weighted by Crippen LogP contribution is 2.28. The van der Waals surface area contributed by atoms with Crippen molar-refractivity contribution in [1.29, 1.82) is 0 Å². The number of ether oxygens (including phenoxy) is 2. The number of H-pyrrole nitrogens is 1. The maximum absolute atomic E-state index is 10.6. The number of hydrogen-bond acceptors (Lipinski definition) is 5. The van der Waals surface area contributed by atoms with Crippen LogP contribution in [0.5, 0.6) is 5.88 Å². The third kappa shape index (κ3) is 3.76.